The van der Waals surface area contributed by atoms with E-state index in [1.165, 1.54) is 0 Å². The number of aryl methyl sites for hydroxylation is 1. The second-order valence-electron chi connectivity index (χ2n) is 8.51. The highest BCUT2D eigenvalue weighted by Gasteiger charge is 2.26. The summed E-state index contributed by atoms with van der Waals surface area (Å²) in [5, 5.41) is 9.10. The number of piperidine rings is 1. The molecule has 1 aliphatic heterocycles. The fourth-order valence-electron chi connectivity index (χ4n) is 4.12. The monoisotopic (exact) mass is 392 g/mol. The van der Waals surface area contributed by atoms with Gasteiger partial charge in [0.1, 0.15) is 11.5 Å². The first-order valence-electron chi connectivity index (χ1n) is 10.3. The van der Waals surface area contributed by atoms with E-state index in [0.29, 0.717) is 18.1 Å². The standard InChI is InChI=1S/C22H28N6O/c1-15(2)12-28-6-4-5-16(13-28)22(29)9-19-8-17-7-18(10-24-20(17)11-23-19)21-14-27(3)26-25-21/h7-8,10-11,14-16H,4-6,9,12-13H2,1-3H3/t16-/m1/s1. The number of hydrogen-bond acceptors (Lipinski definition) is 6. The summed E-state index contributed by atoms with van der Waals surface area (Å²) >= 11 is 0. The van der Waals surface area contributed by atoms with Crippen molar-refractivity contribution in [2.75, 3.05) is 19.6 Å². The predicted octanol–water partition coefficient (Wildman–Crippen LogP) is 2.90. The molecule has 0 N–H and O–H groups in total. The summed E-state index contributed by atoms with van der Waals surface area (Å²) in [6.07, 6.45) is 7.86. The number of rotatable bonds is 6. The maximum absolute atomic E-state index is 12.9. The number of nitrogens with zero attached hydrogens (tertiary/aromatic N) is 6. The minimum absolute atomic E-state index is 0.115. The van der Waals surface area contributed by atoms with Gasteiger partial charge in [-0.3, -0.25) is 19.4 Å². The van der Waals surface area contributed by atoms with Gasteiger partial charge in [0.2, 0.25) is 0 Å². The van der Waals surface area contributed by atoms with Crippen LogP contribution < -0.4 is 0 Å². The van der Waals surface area contributed by atoms with Gasteiger partial charge in [-0.1, -0.05) is 19.1 Å². The van der Waals surface area contributed by atoms with Gasteiger partial charge in [0, 0.05) is 55.3 Å². The van der Waals surface area contributed by atoms with Crippen LogP contribution in [0.2, 0.25) is 0 Å². The molecule has 4 rings (SSSR count). The Morgan fingerprint density at radius 2 is 2.10 bits per heavy atom. The zero-order chi connectivity index (χ0) is 20.4. The van der Waals surface area contributed by atoms with Crippen molar-refractivity contribution in [1.82, 2.24) is 29.9 Å². The number of carbonyl (C=O) groups excluding carboxylic acids is 1. The lowest BCUT2D eigenvalue weighted by Crippen LogP contribution is -2.40. The van der Waals surface area contributed by atoms with Gasteiger partial charge in [-0.15, -0.1) is 5.10 Å². The van der Waals surface area contributed by atoms with Crippen LogP contribution in [-0.4, -0.2) is 55.3 Å². The Balaban J connectivity index is 1.49. The molecule has 1 atom stereocenters. The summed E-state index contributed by atoms with van der Waals surface area (Å²) in [4.78, 5) is 24.3. The van der Waals surface area contributed by atoms with Crippen LogP contribution >= 0.6 is 0 Å². The lowest BCUT2D eigenvalue weighted by Gasteiger charge is -2.33. The van der Waals surface area contributed by atoms with E-state index in [2.05, 4.69) is 39.0 Å². The molecule has 1 saturated heterocycles. The smallest absolute Gasteiger partial charge is 0.143 e. The molecule has 0 unspecified atom stereocenters. The number of ketones is 1. The molecule has 0 amide bonds. The first-order valence-corrected chi connectivity index (χ1v) is 10.3. The largest absolute Gasteiger partial charge is 0.302 e. The Morgan fingerprint density at radius 3 is 2.86 bits per heavy atom. The maximum Gasteiger partial charge on any atom is 0.143 e. The van der Waals surface area contributed by atoms with Crippen molar-refractivity contribution >= 4 is 16.7 Å². The van der Waals surface area contributed by atoms with E-state index in [4.69, 9.17) is 0 Å². The Labute approximate surface area is 171 Å². The fraction of sp³-hybridized carbons (Fsp3) is 0.500. The van der Waals surface area contributed by atoms with Gasteiger partial charge in [-0.05, 0) is 37.4 Å². The Morgan fingerprint density at radius 1 is 1.24 bits per heavy atom. The van der Waals surface area contributed by atoms with E-state index in [1.54, 1.807) is 17.1 Å². The maximum atomic E-state index is 12.9. The predicted molar refractivity (Wildman–Crippen MR) is 112 cm³/mol. The van der Waals surface area contributed by atoms with Crippen molar-refractivity contribution in [2.24, 2.45) is 18.9 Å². The van der Waals surface area contributed by atoms with E-state index >= 15 is 0 Å². The van der Waals surface area contributed by atoms with Crippen molar-refractivity contribution < 1.29 is 4.79 Å². The van der Waals surface area contributed by atoms with E-state index < -0.39 is 0 Å². The van der Waals surface area contributed by atoms with Crippen molar-refractivity contribution in [3.8, 4) is 11.3 Å². The second kappa shape index (κ2) is 8.37. The average Bonchev–Trinajstić information content (AvgIpc) is 3.13. The highest BCUT2D eigenvalue weighted by atomic mass is 16.1. The molecule has 7 nitrogen and oxygen atoms in total. The van der Waals surface area contributed by atoms with Crippen molar-refractivity contribution in [3.63, 3.8) is 0 Å². The molecule has 0 aliphatic carbocycles. The first-order chi connectivity index (χ1) is 14.0. The van der Waals surface area contributed by atoms with Crippen LogP contribution in [0.1, 0.15) is 32.4 Å². The Bertz CT molecular complexity index is 1010. The molecule has 0 spiro atoms. The highest BCUT2D eigenvalue weighted by Crippen LogP contribution is 2.23. The van der Waals surface area contributed by atoms with Gasteiger partial charge < -0.3 is 4.90 Å². The Kier molecular flexibility index (Phi) is 5.67. The van der Waals surface area contributed by atoms with Crippen LogP contribution in [0.25, 0.3) is 22.2 Å². The van der Waals surface area contributed by atoms with E-state index in [-0.39, 0.29) is 5.92 Å². The van der Waals surface area contributed by atoms with Gasteiger partial charge in [-0.2, -0.15) is 0 Å². The van der Waals surface area contributed by atoms with Crippen LogP contribution in [0.15, 0.2) is 30.7 Å². The van der Waals surface area contributed by atoms with Gasteiger partial charge in [0.15, 0.2) is 0 Å². The number of pyridine rings is 2. The lowest BCUT2D eigenvalue weighted by atomic mass is 9.91. The molecule has 0 saturated carbocycles. The fourth-order valence-corrected chi connectivity index (χ4v) is 4.12. The molecule has 4 heterocycles. The summed E-state index contributed by atoms with van der Waals surface area (Å²) < 4.78 is 1.67. The molecule has 0 bridgehead atoms. The van der Waals surface area contributed by atoms with Crippen LogP contribution in [0.4, 0.5) is 0 Å². The number of carbonyl (C=O) groups is 1. The third-order valence-corrected chi connectivity index (χ3v) is 5.46. The molecule has 3 aromatic rings. The number of aromatic nitrogens is 5. The number of hydrogen-bond donors (Lipinski definition) is 0. The minimum Gasteiger partial charge on any atom is -0.302 e. The zero-order valence-corrected chi connectivity index (χ0v) is 17.4. The molecule has 0 aromatic carbocycles. The molecule has 1 aliphatic rings. The molecular formula is C22H28N6O. The number of likely N-dealkylation sites (tertiary alicyclic amines) is 1. The Hall–Kier alpha value is -2.67. The van der Waals surface area contributed by atoms with Gasteiger partial charge in [0.05, 0.1) is 17.9 Å². The van der Waals surface area contributed by atoms with Gasteiger partial charge in [0.25, 0.3) is 0 Å². The normalized spacial score (nSPS) is 17.9. The van der Waals surface area contributed by atoms with E-state index in [1.807, 2.05) is 25.4 Å². The first kappa shape index (κ1) is 19.6. The SMILES string of the molecule is CC(C)CN1CCC[C@@H](C(=O)Cc2cc3cc(-c4cn(C)nn4)cnc3cn2)C1. The van der Waals surface area contributed by atoms with Crippen LogP contribution in [0.5, 0.6) is 0 Å². The van der Waals surface area contributed by atoms with Gasteiger partial charge >= 0.3 is 0 Å². The van der Waals surface area contributed by atoms with Crippen molar-refractivity contribution in [3.05, 3.63) is 36.4 Å². The minimum atomic E-state index is 0.115. The third kappa shape index (κ3) is 4.67. The lowest BCUT2D eigenvalue weighted by molar-refractivity contribution is -0.124. The molecule has 0 radical (unpaired) electrons. The summed E-state index contributed by atoms with van der Waals surface area (Å²) in [5.74, 6) is 1.04. The van der Waals surface area contributed by atoms with Gasteiger partial charge in [-0.25, -0.2) is 0 Å². The summed E-state index contributed by atoms with van der Waals surface area (Å²) in [7, 11) is 1.84. The average molecular weight is 393 g/mol. The molecule has 152 valence electrons. The number of fused-ring (bicyclic) bond motifs is 1. The van der Waals surface area contributed by atoms with E-state index in [9.17, 15) is 4.79 Å². The zero-order valence-electron chi connectivity index (χ0n) is 17.4. The summed E-state index contributed by atoms with van der Waals surface area (Å²) in [6.45, 7) is 7.51. The quantitative estimate of drug-likeness (QED) is 0.642. The third-order valence-electron chi connectivity index (χ3n) is 5.46. The summed E-state index contributed by atoms with van der Waals surface area (Å²) in [5.41, 5.74) is 3.31. The van der Waals surface area contributed by atoms with Crippen LogP contribution in [0.3, 0.4) is 0 Å². The van der Waals surface area contributed by atoms with E-state index in [0.717, 1.165) is 60.3 Å². The summed E-state index contributed by atoms with van der Waals surface area (Å²) in [6, 6.07) is 4.02. The molecule has 1 fully saturated rings. The highest BCUT2D eigenvalue weighted by molar-refractivity contribution is 5.86. The van der Waals surface area contributed by atoms with Crippen molar-refractivity contribution in [2.45, 2.75) is 33.1 Å². The molecular weight excluding hydrogens is 364 g/mol. The molecule has 29 heavy (non-hydrogen) atoms. The topological polar surface area (TPSA) is 76.8 Å². The van der Waals surface area contributed by atoms with Crippen LogP contribution in [-0.2, 0) is 18.3 Å². The second-order valence-corrected chi connectivity index (χ2v) is 8.51. The molecule has 3 aromatic heterocycles. The number of Topliss-reactive ketones (excluding diaryl/α,β-unsaturated/α-hetero) is 1. The van der Waals surface area contributed by atoms with Crippen LogP contribution in [0, 0.1) is 11.8 Å². The van der Waals surface area contributed by atoms with Crippen molar-refractivity contribution in [1.29, 1.82) is 0 Å². The molecule has 7 heteroatoms.